The molecule has 0 bridgehead atoms. The van der Waals surface area contributed by atoms with Gasteiger partial charge in [-0.3, -0.25) is 14.6 Å². The van der Waals surface area contributed by atoms with Crippen LogP contribution in [0.1, 0.15) is 61.4 Å². The van der Waals surface area contributed by atoms with Gasteiger partial charge < -0.3 is 20.9 Å². The van der Waals surface area contributed by atoms with Gasteiger partial charge in [-0.25, -0.2) is 0 Å². The largest absolute Gasteiger partial charge is 0.357 e. The van der Waals surface area contributed by atoms with Gasteiger partial charge in [0.15, 0.2) is 5.96 Å². The molecule has 2 atom stereocenters. The smallest absolute Gasteiger partial charge is 0.253 e. The minimum Gasteiger partial charge on any atom is -0.357 e. The highest BCUT2D eigenvalue weighted by molar-refractivity contribution is 14.0. The van der Waals surface area contributed by atoms with Crippen LogP contribution in [0.3, 0.4) is 0 Å². The Hall–Kier alpha value is -1.84. The molecule has 0 heterocycles. The predicted molar refractivity (Wildman–Crippen MR) is 140 cm³/mol. The normalized spacial score (nSPS) is 20.7. The van der Waals surface area contributed by atoms with Gasteiger partial charge in [0, 0.05) is 50.7 Å². The van der Waals surface area contributed by atoms with Crippen molar-refractivity contribution in [1.29, 1.82) is 0 Å². The molecule has 7 nitrogen and oxygen atoms in total. The maximum absolute atomic E-state index is 12.4. The van der Waals surface area contributed by atoms with Gasteiger partial charge in [-0.05, 0) is 63.1 Å². The van der Waals surface area contributed by atoms with Crippen molar-refractivity contribution in [2.24, 2.45) is 10.9 Å². The van der Waals surface area contributed by atoms with E-state index in [1.807, 2.05) is 24.3 Å². The molecule has 8 heteroatoms. The molecule has 2 amide bonds. The lowest BCUT2D eigenvalue weighted by atomic mass is 9.85. The van der Waals surface area contributed by atoms with E-state index >= 15 is 0 Å². The molecule has 2 aliphatic rings. The van der Waals surface area contributed by atoms with Gasteiger partial charge in [0.05, 0.1) is 0 Å². The number of rotatable bonds is 8. The van der Waals surface area contributed by atoms with E-state index in [0.717, 1.165) is 63.0 Å². The van der Waals surface area contributed by atoms with Crippen molar-refractivity contribution in [3.05, 3.63) is 35.4 Å². The first-order valence-corrected chi connectivity index (χ1v) is 11.6. The van der Waals surface area contributed by atoms with E-state index in [4.69, 9.17) is 4.99 Å². The second-order valence-corrected chi connectivity index (χ2v) is 8.90. The number of nitrogens with one attached hydrogen (secondary N) is 3. The van der Waals surface area contributed by atoms with Gasteiger partial charge in [0.1, 0.15) is 0 Å². The van der Waals surface area contributed by atoms with Crippen LogP contribution in [-0.2, 0) is 11.2 Å². The molecule has 32 heavy (non-hydrogen) atoms. The molecule has 3 rings (SSSR count). The number of aliphatic imine (C=N–C) groups is 1. The number of hydrogen-bond acceptors (Lipinski definition) is 3. The number of carbonyl (C=O) groups excluding carboxylic acids is 2. The fourth-order valence-electron chi connectivity index (χ4n) is 4.03. The molecule has 2 fully saturated rings. The van der Waals surface area contributed by atoms with Crippen LogP contribution in [-0.4, -0.2) is 61.9 Å². The van der Waals surface area contributed by atoms with Crippen molar-refractivity contribution in [3.8, 4) is 0 Å². The number of amides is 2. The first kappa shape index (κ1) is 26.4. The van der Waals surface area contributed by atoms with Crippen molar-refractivity contribution >= 4 is 41.8 Å². The van der Waals surface area contributed by atoms with Gasteiger partial charge in [0.2, 0.25) is 5.91 Å². The third kappa shape index (κ3) is 8.26. The fraction of sp³-hybridized carbons (Fsp3) is 0.625. The van der Waals surface area contributed by atoms with Crippen molar-refractivity contribution < 1.29 is 9.59 Å². The van der Waals surface area contributed by atoms with Crippen LogP contribution in [0.2, 0.25) is 0 Å². The summed E-state index contributed by atoms with van der Waals surface area (Å²) in [5, 5.41) is 10.0. The summed E-state index contributed by atoms with van der Waals surface area (Å²) in [6.45, 7) is 3.48. The van der Waals surface area contributed by atoms with Crippen molar-refractivity contribution in [3.63, 3.8) is 0 Å². The molecule has 0 aromatic heterocycles. The average Bonchev–Trinajstić information content (AvgIpc) is 3.57. The van der Waals surface area contributed by atoms with Gasteiger partial charge >= 0.3 is 0 Å². The molecule has 0 radical (unpaired) electrons. The van der Waals surface area contributed by atoms with E-state index in [1.54, 1.807) is 19.0 Å². The van der Waals surface area contributed by atoms with Crippen molar-refractivity contribution in [2.75, 3.05) is 27.2 Å². The third-order valence-corrected chi connectivity index (χ3v) is 5.90. The minimum absolute atomic E-state index is 0. The number of hydrogen-bond donors (Lipinski definition) is 3. The molecule has 0 spiro atoms. The number of guanidine groups is 1. The lowest BCUT2D eigenvalue weighted by molar-refractivity contribution is -0.126. The van der Waals surface area contributed by atoms with E-state index in [1.165, 1.54) is 0 Å². The highest BCUT2D eigenvalue weighted by atomic mass is 127. The molecular formula is C24H38IN5O2. The van der Waals surface area contributed by atoms with E-state index in [9.17, 15) is 9.59 Å². The standard InChI is InChI=1S/C24H37N5O2.HI/c1-4-25-24(26-14-13-17-7-5-9-19(15-17)23(31)29(2)3)28-21-10-6-8-18(16-21)22(30)27-20-11-12-20;/h5,7,9,15,18,20-21H,4,6,8,10-14,16H2,1-3H3,(H,27,30)(H2,25,26,28);1H. The number of benzene rings is 1. The van der Waals surface area contributed by atoms with Crippen molar-refractivity contribution in [2.45, 2.75) is 64.0 Å². The highest BCUT2D eigenvalue weighted by Gasteiger charge is 2.31. The molecule has 1 aromatic rings. The summed E-state index contributed by atoms with van der Waals surface area (Å²) in [7, 11) is 3.53. The molecular weight excluding hydrogens is 517 g/mol. The second-order valence-electron chi connectivity index (χ2n) is 8.90. The van der Waals surface area contributed by atoms with Gasteiger partial charge in [-0.2, -0.15) is 0 Å². The van der Waals surface area contributed by atoms with Crippen LogP contribution in [0.4, 0.5) is 0 Å². The molecule has 1 aromatic carbocycles. The average molecular weight is 556 g/mol. The summed E-state index contributed by atoms with van der Waals surface area (Å²) in [6.07, 6.45) is 6.98. The second kappa shape index (κ2) is 13.0. The zero-order chi connectivity index (χ0) is 22.2. The van der Waals surface area contributed by atoms with Gasteiger partial charge in [-0.15, -0.1) is 24.0 Å². The predicted octanol–water partition coefficient (Wildman–Crippen LogP) is 2.94. The maximum Gasteiger partial charge on any atom is 0.253 e. The van der Waals surface area contributed by atoms with Crippen LogP contribution in [0.15, 0.2) is 29.3 Å². The Kier molecular flexibility index (Phi) is 10.7. The molecule has 0 aliphatic heterocycles. The summed E-state index contributed by atoms with van der Waals surface area (Å²) in [5.41, 5.74) is 1.80. The topological polar surface area (TPSA) is 85.8 Å². The van der Waals surface area contributed by atoms with Crippen LogP contribution in [0.25, 0.3) is 0 Å². The quantitative estimate of drug-likeness (QED) is 0.262. The SMILES string of the molecule is CCNC(=NCCc1cccc(C(=O)N(C)C)c1)NC1CCCC(C(=O)NC2CC2)C1.I. The molecule has 2 aliphatic carbocycles. The lowest BCUT2D eigenvalue weighted by Gasteiger charge is -2.30. The first-order valence-electron chi connectivity index (χ1n) is 11.6. The Morgan fingerprint density at radius 2 is 1.88 bits per heavy atom. The van der Waals surface area contributed by atoms with Crippen LogP contribution < -0.4 is 16.0 Å². The molecule has 2 saturated carbocycles. The molecule has 0 saturated heterocycles. The Balaban J connectivity index is 0.00000363. The van der Waals surface area contributed by atoms with Crippen LogP contribution in [0.5, 0.6) is 0 Å². The van der Waals surface area contributed by atoms with E-state index in [2.05, 4.69) is 22.9 Å². The van der Waals surface area contributed by atoms with E-state index in [-0.39, 0.29) is 47.8 Å². The van der Waals surface area contributed by atoms with E-state index in [0.29, 0.717) is 18.2 Å². The molecule has 3 N–H and O–H groups in total. The Morgan fingerprint density at radius 1 is 1.09 bits per heavy atom. The van der Waals surface area contributed by atoms with Gasteiger partial charge in [-0.1, -0.05) is 18.6 Å². The zero-order valence-corrected chi connectivity index (χ0v) is 21.9. The van der Waals surface area contributed by atoms with Crippen LogP contribution in [0, 0.1) is 5.92 Å². The summed E-state index contributed by atoms with van der Waals surface area (Å²) >= 11 is 0. The minimum atomic E-state index is 0. The Morgan fingerprint density at radius 3 is 2.56 bits per heavy atom. The molecule has 2 unspecified atom stereocenters. The highest BCUT2D eigenvalue weighted by Crippen LogP contribution is 2.26. The molecule has 178 valence electrons. The first-order chi connectivity index (χ1) is 15.0. The Labute approximate surface area is 209 Å². The zero-order valence-electron chi connectivity index (χ0n) is 19.5. The fourth-order valence-corrected chi connectivity index (χ4v) is 4.03. The lowest BCUT2D eigenvalue weighted by Crippen LogP contribution is -2.47. The summed E-state index contributed by atoms with van der Waals surface area (Å²) in [4.78, 5) is 30.9. The van der Waals surface area contributed by atoms with Crippen LogP contribution >= 0.6 is 24.0 Å². The van der Waals surface area contributed by atoms with Gasteiger partial charge in [0.25, 0.3) is 5.91 Å². The summed E-state index contributed by atoms with van der Waals surface area (Å²) in [5.74, 6) is 1.14. The summed E-state index contributed by atoms with van der Waals surface area (Å²) < 4.78 is 0. The number of carbonyl (C=O) groups is 2. The van der Waals surface area contributed by atoms with E-state index < -0.39 is 0 Å². The third-order valence-electron chi connectivity index (χ3n) is 5.90. The monoisotopic (exact) mass is 555 g/mol. The number of nitrogens with zero attached hydrogens (tertiary/aromatic N) is 2. The summed E-state index contributed by atoms with van der Waals surface area (Å²) in [6, 6.07) is 8.44. The number of halogens is 1. The van der Waals surface area contributed by atoms with Crippen molar-refractivity contribution in [1.82, 2.24) is 20.9 Å². The Bertz CT molecular complexity index is 794. The maximum atomic E-state index is 12.4.